The summed E-state index contributed by atoms with van der Waals surface area (Å²) in [5.41, 5.74) is 3.41. The molecule has 0 saturated carbocycles. The molecule has 1 N–H and O–H groups in total. The molecule has 4 aromatic rings. The molecule has 0 heterocycles. The second kappa shape index (κ2) is 13.3. The van der Waals surface area contributed by atoms with E-state index in [4.69, 9.17) is 18.9 Å². The van der Waals surface area contributed by atoms with Crippen molar-refractivity contribution in [3.05, 3.63) is 119 Å². The van der Waals surface area contributed by atoms with Gasteiger partial charge >= 0.3 is 0 Å². The number of hydrogen-bond acceptors (Lipinski definition) is 7. The van der Waals surface area contributed by atoms with E-state index in [1.807, 2.05) is 48.5 Å². The molecule has 0 aliphatic heterocycles. The minimum Gasteiger partial charge on any atom is -0.497 e. The number of oxime groups is 1. The van der Waals surface area contributed by atoms with Crippen LogP contribution in [0.3, 0.4) is 0 Å². The maximum absolute atomic E-state index is 12.2. The standard InChI is InChI=1S/C15H15NO3.C15H14O3/c1-18-13-7-3-11(4-8-13)15(16-17)12-5-9-14(19-2)10-6-12;1-17-13-7-3-11(4-8-13)15(16)12-5-9-14(18-2)10-6-12/h3-10,17H,1-2H3;3-10H,1-2H3. The summed E-state index contributed by atoms with van der Waals surface area (Å²) in [7, 11) is 6.42. The summed E-state index contributed by atoms with van der Waals surface area (Å²) < 4.78 is 20.3. The van der Waals surface area contributed by atoms with Gasteiger partial charge in [-0.15, -0.1) is 0 Å². The Morgan fingerprint density at radius 1 is 0.486 bits per heavy atom. The lowest BCUT2D eigenvalue weighted by atomic mass is 10.0. The highest BCUT2D eigenvalue weighted by molar-refractivity contribution is 6.12. The van der Waals surface area contributed by atoms with Gasteiger partial charge < -0.3 is 24.2 Å². The van der Waals surface area contributed by atoms with Crippen LogP contribution in [0.5, 0.6) is 23.0 Å². The van der Waals surface area contributed by atoms with Crippen LogP contribution < -0.4 is 18.9 Å². The highest BCUT2D eigenvalue weighted by Crippen LogP contribution is 2.19. The first-order valence-electron chi connectivity index (χ1n) is 11.4. The van der Waals surface area contributed by atoms with Crippen LogP contribution in [0.25, 0.3) is 0 Å². The smallest absolute Gasteiger partial charge is 0.193 e. The van der Waals surface area contributed by atoms with Gasteiger partial charge in [-0.3, -0.25) is 4.79 Å². The number of carbonyl (C=O) groups is 1. The molecule has 0 fully saturated rings. The van der Waals surface area contributed by atoms with Crippen LogP contribution >= 0.6 is 0 Å². The maximum atomic E-state index is 12.2. The van der Waals surface area contributed by atoms with Gasteiger partial charge in [-0.05, 0) is 97.1 Å². The van der Waals surface area contributed by atoms with Gasteiger partial charge in [0.1, 0.15) is 28.7 Å². The number of benzene rings is 4. The lowest BCUT2D eigenvalue weighted by molar-refractivity contribution is 0.103. The van der Waals surface area contributed by atoms with Crippen LogP contribution in [0.4, 0.5) is 0 Å². The Hall–Kier alpha value is -4.78. The average Bonchev–Trinajstić information content (AvgIpc) is 2.98. The van der Waals surface area contributed by atoms with Crippen LogP contribution in [-0.2, 0) is 0 Å². The van der Waals surface area contributed by atoms with Crippen molar-refractivity contribution in [3.8, 4) is 23.0 Å². The van der Waals surface area contributed by atoms with Crippen molar-refractivity contribution in [2.45, 2.75) is 0 Å². The molecular weight excluding hydrogens is 470 g/mol. The van der Waals surface area contributed by atoms with E-state index in [0.717, 1.165) is 34.1 Å². The highest BCUT2D eigenvalue weighted by Gasteiger charge is 2.09. The molecule has 7 nitrogen and oxygen atoms in total. The van der Waals surface area contributed by atoms with E-state index in [1.54, 1.807) is 77.0 Å². The fraction of sp³-hybridized carbons (Fsp3) is 0.133. The zero-order valence-corrected chi connectivity index (χ0v) is 21.2. The van der Waals surface area contributed by atoms with Crippen molar-refractivity contribution >= 4 is 11.5 Å². The summed E-state index contributed by atoms with van der Waals surface area (Å²) in [6, 6.07) is 28.8. The number of methoxy groups -OCH3 is 4. The quantitative estimate of drug-likeness (QED) is 0.141. The topological polar surface area (TPSA) is 86.6 Å². The van der Waals surface area contributed by atoms with Crippen molar-refractivity contribution in [3.63, 3.8) is 0 Å². The Kier molecular flexibility index (Phi) is 9.67. The molecule has 0 saturated heterocycles. The number of hydrogen-bond donors (Lipinski definition) is 1. The largest absolute Gasteiger partial charge is 0.497 e. The Balaban J connectivity index is 0.000000206. The first kappa shape index (κ1) is 26.8. The predicted octanol–water partition coefficient (Wildman–Crippen LogP) is 5.87. The zero-order chi connectivity index (χ0) is 26.6. The SMILES string of the molecule is COc1ccc(C(=NO)c2ccc(OC)cc2)cc1.COc1ccc(C(=O)c2ccc(OC)cc2)cc1. The maximum Gasteiger partial charge on any atom is 0.193 e. The van der Waals surface area contributed by atoms with E-state index >= 15 is 0 Å². The van der Waals surface area contributed by atoms with Crippen molar-refractivity contribution in [2.75, 3.05) is 28.4 Å². The number of ether oxygens (including phenoxy) is 4. The minimum absolute atomic E-state index is 0.0136. The van der Waals surface area contributed by atoms with Gasteiger partial charge in [0.2, 0.25) is 0 Å². The van der Waals surface area contributed by atoms with Crippen LogP contribution in [0.2, 0.25) is 0 Å². The Bertz CT molecular complexity index is 1200. The molecule has 4 aromatic carbocycles. The summed E-state index contributed by atoms with van der Waals surface area (Å²) in [4.78, 5) is 12.2. The lowest BCUT2D eigenvalue weighted by Crippen LogP contribution is -2.03. The number of carbonyl (C=O) groups excluding carboxylic acids is 1. The van der Waals surface area contributed by atoms with Gasteiger partial charge in [0.15, 0.2) is 5.78 Å². The summed E-state index contributed by atoms with van der Waals surface area (Å²) in [6.45, 7) is 0. The molecule has 0 atom stereocenters. The monoisotopic (exact) mass is 499 g/mol. The van der Waals surface area contributed by atoms with E-state index in [2.05, 4.69) is 5.16 Å². The summed E-state index contributed by atoms with van der Waals surface area (Å²) in [6.07, 6.45) is 0. The first-order chi connectivity index (χ1) is 18.0. The fourth-order valence-corrected chi connectivity index (χ4v) is 3.43. The molecule has 190 valence electrons. The molecule has 0 radical (unpaired) electrons. The highest BCUT2D eigenvalue weighted by atomic mass is 16.5. The van der Waals surface area contributed by atoms with Crippen molar-refractivity contribution < 1.29 is 28.9 Å². The summed E-state index contributed by atoms with van der Waals surface area (Å²) >= 11 is 0. The van der Waals surface area contributed by atoms with Gasteiger partial charge in [0.05, 0.1) is 28.4 Å². The third kappa shape index (κ3) is 7.11. The Labute approximate surface area is 216 Å². The molecule has 0 aliphatic rings. The van der Waals surface area contributed by atoms with Gasteiger partial charge in [0.25, 0.3) is 0 Å². The Morgan fingerprint density at radius 2 is 0.730 bits per heavy atom. The molecule has 0 aromatic heterocycles. The minimum atomic E-state index is -0.0136. The third-order valence-electron chi connectivity index (χ3n) is 5.53. The van der Waals surface area contributed by atoms with E-state index in [9.17, 15) is 10.0 Å². The second-order valence-electron chi connectivity index (χ2n) is 7.69. The third-order valence-corrected chi connectivity index (χ3v) is 5.53. The second-order valence-corrected chi connectivity index (χ2v) is 7.69. The van der Waals surface area contributed by atoms with Crippen LogP contribution in [0, 0.1) is 0 Å². The van der Waals surface area contributed by atoms with E-state index < -0.39 is 0 Å². The average molecular weight is 500 g/mol. The predicted molar refractivity (Wildman–Crippen MR) is 143 cm³/mol. The number of nitrogens with zero attached hydrogens (tertiary/aromatic N) is 1. The molecule has 4 rings (SSSR count). The van der Waals surface area contributed by atoms with Gasteiger partial charge in [-0.1, -0.05) is 5.16 Å². The number of ketones is 1. The zero-order valence-electron chi connectivity index (χ0n) is 21.2. The summed E-state index contributed by atoms with van der Waals surface area (Å²) in [5, 5.41) is 12.6. The van der Waals surface area contributed by atoms with E-state index in [0.29, 0.717) is 16.8 Å². The molecule has 37 heavy (non-hydrogen) atoms. The van der Waals surface area contributed by atoms with Crippen molar-refractivity contribution in [2.24, 2.45) is 5.16 Å². The van der Waals surface area contributed by atoms with Gasteiger partial charge in [-0.2, -0.15) is 0 Å². The molecule has 7 heteroatoms. The van der Waals surface area contributed by atoms with E-state index in [1.165, 1.54) is 0 Å². The normalized spacial score (nSPS) is 9.84. The van der Waals surface area contributed by atoms with Crippen LogP contribution in [0.15, 0.2) is 102 Å². The first-order valence-corrected chi connectivity index (χ1v) is 11.4. The lowest BCUT2D eigenvalue weighted by Gasteiger charge is -2.07. The van der Waals surface area contributed by atoms with Crippen LogP contribution in [-0.4, -0.2) is 45.1 Å². The molecule has 0 unspecified atom stereocenters. The molecule has 0 spiro atoms. The van der Waals surface area contributed by atoms with Crippen LogP contribution in [0.1, 0.15) is 27.0 Å². The fourth-order valence-electron chi connectivity index (χ4n) is 3.43. The van der Waals surface area contributed by atoms with Gasteiger partial charge in [0, 0.05) is 22.3 Å². The molecule has 0 bridgehead atoms. The number of rotatable bonds is 8. The molecule has 0 amide bonds. The van der Waals surface area contributed by atoms with Gasteiger partial charge in [-0.25, -0.2) is 0 Å². The Morgan fingerprint density at radius 3 is 0.946 bits per heavy atom. The molecule has 0 aliphatic carbocycles. The van der Waals surface area contributed by atoms with E-state index in [-0.39, 0.29) is 5.78 Å². The molecular formula is C30H29NO6. The summed E-state index contributed by atoms with van der Waals surface area (Å²) in [5.74, 6) is 2.98. The van der Waals surface area contributed by atoms with Crippen molar-refractivity contribution in [1.82, 2.24) is 0 Å². The van der Waals surface area contributed by atoms with Crippen molar-refractivity contribution in [1.29, 1.82) is 0 Å².